The molecule has 23 heavy (non-hydrogen) atoms. The van der Waals surface area contributed by atoms with Gasteiger partial charge in [0.05, 0.1) is 11.5 Å². The Kier molecular flexibility index (Phi) is 5.09. The van der Waals surface area contributed by atoms with E-state index in [-0.39, 0.29) is 30.3 Å². The van der Waals surface area contributed by atoms with Crippen LogP contribution in [0.1, 0.15) is 31.7 Å². The Bertz CT molecular complexity index is 686. The third-order valence-corrected chi connectivity index (χ3v) is 6.15. The monoisotopic (exact) mass is 339 g/mol. The van der Waals surface area contributed by atoms with Gasteiger partial charge in [-0.05, 0) is 24.3 Å². The van der Waals surface area contributed by atoms with Gasteiger partial charge in [0.2, 0.25) is 5.91 Å². The van der Waals surface area contributed by atoms with Crippen molar-refractivity contribution in [3.63, 3.8) is 0 Å². The third kappa shape index (κ3) is 3.90. The Balaban J connectivity index is 2.15. The van der Waals surface area contributed by atoms with Gasteiger partial charge in [0.1, 0.15) is 0 Å². The zero-order chi connectivity index (χ0) is 17.1. The van der Waals surface area contributed by atoms with Gasteiger partial charge in [0.15, 0.2) is 15.4 Å². The second-order valence-corrected chi connectivity index (χ2v) is 8.18. The van der Waals surface area contributed by atoms with Crippen molar-refractivity contribution < 1.29 is 23.1 Å². The van der Waals surface area contributed by atoms with E-state index in [9.17, 15) is 23.1 Å². The lowest BCUT2D eigenvalue weighted by molar-refractivity contribution is -0.148. The highest BCUT2D eigenvalue weighted by atomic mass is 32.2. The number of hydrogen-bond donors (Lipinski definition) is 2. The van der Waals surface area contributed by atoms with Crippen LogP contribution < -0.4 is 5.32 Å². The molecule has 2 rings (SSSR count). The van der Waals surface area contributed by atoms with Crippen LogP contribution >= 0.6 is 0 Å². The minimum Gasteiger partial charge on any atom is -0.479 e. The van der Waals surface area contributed by atoms with Crippen molar-refractivity contribution in [2.45, 2.75) is 31.7 Å². The molecule has 0 aromatic heterocycles. The van der Waals surface area contributed by atoms with Gasteiger partial charge in [-0.15, -0.1) is 0 Å². The molecule has 7 heteroatoms. The van der Waals surface area contributed by atoms with E-state index in [2.05, 4.69) is 5.32 Å². The average Bonchev–Trinajstić information content (AvgIpc) is 2.84. The number of carboxylic acid groups (broad SMARTS) is 1. The van der Waals surface area contributed by atoms with Crippen molar-refractivity contribution in [2.24, 2.45) is 5.92 Å². The van der Waals surface area contributed by atoms with Crippen molar-refractivity contribution >= 4 is 21.7 Å². The SMILES string of the molecule is CCC(NC(=O)CC1CCS(=O)(=O)C1)(C(=O)O)c1ccccc1. The summed E-state index contributed by atoms with van der Waals surface area (Å²) < 4.78 is 22.9. The summed E-state index contributed by atoms with van der Waals surface area (Å²) in [5, 5.41) is 12.3. The summed E-state index contributed by atoms with van der Waals surface area (Å²) in [4.78, 5) is 24.1. The fourth-order valence-corrected chi connectivity index (χ4v) is 4.86. The first kappa shape index (κ1) is 17.5. The first-order valence-corrected chi connectivity index (χ1v) is 9.41. The highest BCUT2D eigenvalue weighted by molar-refractivity contribution is 7.91. The second-order valence-electron chi connectivity index (χ2n) is 5.95. The van der Waals surface area contributed by atoms with Crippen LogP contribution in [0.15, 0.2) is 30.3 Å². The molecular formula is C16H21NO5S. The van der Waals surface area contributed by atoms with E-state index in [1.54, 1.807) is 37.3 Å². The molecule has 1 heterocycles. The number of rotatable bonds is 6. The molecule has 0 saturated carbocycles. The average molecular weight is 339 g/mol. The van der Waals surface area contributed by atoms with Crippen LogP contribution in [0.3, 0.4) is 0 Å². The Morgan fingerprint density at radius 3 is 2.43 bits per heavy atom. The van der Waals surface area contributed by atoms with Crippen LogP contribution in [0, 0.1) is 5.92 Å². The minimum atomic E-state index is -3.06. The molecule has 1 saturated heterocycles. The van der Waals surface area contributed by atoms with E-state index < -0.39 is 27.3 Å². The fourth-order valence-electron chi connectivity index (χ4n) is 3.00. The number of nitrogens with one attached hydrogen (secondary N) is 1. The fraction of sp³-hybridized carbons (Fsp3) is 0.500. The topological polar surface area (TPSA) is 101 Å². The van der Waals surface area contributed by atoms with Crippen LogP contribution in [0.5, 0.6) is 0 Å². The van der Waals surface area contributed by atoms with Gasteiger partial charge < -0.3 is 10.4 Å². The number of carbonyl (C=O) groups is 2. The predicted octanol–water partition coefficient (Wildman–Crippen LogP) is 1.32. The summed E-state index contributed by atoms with van der Waals surface area (Å²) in [6, 6.07) is 8.55. The maximum Gasteiger partial charge on any atom is 0.334 e. The molecule has 2 unspecified atom stereocenters. The number of carbonyl (C=O) groups excluding carboxylic acids is 1. The molecule has 0 radical (unpaired) electrons. The maximum atomic E-state index is 12.3. The van der Waals surface area contributed by atoms with E-state index in [1.807, 2.05) is 0 Å². The summed E-state index contributed by atoms with van der Waals surface area (Å²) in [7, 11) is -3.06. The molecule has 126 valence electrons. The lowest BCUT2D eigenvalue weighted by Gasteiger charge is -2.30. The molecular weight excluding hydrogens is 318 g/mol. The van der Waals surface area contributed by atoms with Crippen LogP contribution in [-0.4, -0.2) is 36.9 Å². The molecule has 1 fully saturated rings. The molecule has 1 amide bonds. The number of amides is 1. The molecule has 2 atom stereocenters. The lowest BCUT2D eigenvalue weighted by Crippen LogP contribution is -2.51. The van der Waals surface area contributed by atoms with Crippen LogP contribution in [0.2, 0.25) is 0 Å². The van der Waals surface area contributed by atoms with Crippen molar-refractivity contribution in [1.29, 1.82) is 0 Å². The van der Waals surface area contributed by atoms with Crippen LogP contribution in [0.25, 0.3) is 0 Å². The smallest absolute Gasteiger partial charge is 0.334 e. The normalized spacial score (nSPS) is 22.2. The second kappa shape index (κ2) is 6.70. The zero-order valence-electron chi connectivity index (χ0n) is 13.0. The molecule has 1 aliphatic heterocycles. The standard InChI is InChI=1S/C16H21NO5S/c1-2-16(15(19)20,13-6-4-3-5-7-13)17-14(18)10-12-8-9-23(21,22)11-12/h3-7,12H,2,8-11H2,1H3,(H,17,18)(H,19,20). The van der Waals surface area contributed by atoms with E-state index in [4.69, 9.17) is 0 Å². The maximum absolute atomic E-state index is 12.3. The Labute approximate surface area is 135 Å². The van der Waals surface area contributed by atoms with Gasteiger partial charge in [0, 0.05) is 6.42 Å². The van der Waals surface area contributed by atoms with Crippen molar-refractivity contribution in [2.75, 3.05) is 11.5 Å². The van der Waals surface area contributed by atoms with E-state index in [0.717, 1.165) is 0 Å². The summed E-state index contributed by atoms with van der Waals surface area (Å²) in [6.07, 6.45) is 0.676. The number of aliphatic carboxylic acids is 1. The summed E-state index contributed by atoms with van der Waals surface area (Å²) in [5.74, 6) is -1.70. The molecule has 0 aliphatic carbocycles. The van der Waals surface area contributed by atoms with Crippen LogP contribution in [0.4, 0.5) is 0 Å². The first-order valence-electron chi connectivity index (χ1n) is 7.59. The molecule has 0 spiro atoms. The highest BCUT2D eigenvalue weighted by Gasteiger charge is 2.41. The Hall–Kier alpha value is -1.89. The largest absolute Gasteiger partial charge is 0.479 e. The van der Waals surface area contributed by atoms with E-state index in [1.165, 1.54) is 0 Å². The van der Waals surface area contributed by atoms with E-state index >= 15 is 0 Å². The number of sulfone groups is 1. The summed E-state index contributed by atoms with van der Waals surface area (Å²) >= 11 is 0. The van der Waals surface area contributed by atoms with Gasteiger partial charge in [-0.2, -0.15) is 0 Å². The van der Waals surface area contributed by atoms with Gasteiger partial charge in [-0.25, -0.2) is 13.2 Å². The molecule has 6 nitrogen and oxygen atoms in total. The predicted molar refractivity (Wildman–Crippen MR) is 85.6 cm³/mol. The highest BCUT2D eigenvalue weighted by Crippen LogP contribution is 2.27. The van der Waals surface area contributed by atoms with E-state index in [0.29, 0.717) is 12.0 Å². The quantitative estimate of drug-likeness (QED) is 0.814. The number of carboxylic acids is 1. The Morgan fingerprint density at radius 1 is 1.30 bits per heavy atom. The zero-order valence-corrected chi connectivity index (χ0v) is 13.8. The van der Waals surface area contributed by atoms with Gasteiger partial charge in [0.25, 0.3) is 0 Å². The van der Waals surface area contributed by atoms with Crippen molar-refractivity contribution in [1.82, 2.24) is 5.32 Å². The minimum absolute atomic E-state index is 0.00203. The number of hydrogen-bond acceptors (Lipinski definition) is 4. The van der Waals surface area contributed by atoms with Gasteiger partial charge >= 0.3 is 5.97 Å². The molecule has 1 aliphatic rings. The third-order valence-electron chi connectivity index (χ3n) is 4.32. The summed E-state index contributed by atoms with van der Waals surface area (Å²) in [6.45, 7) is 1.70. The number of benzene rings is 1. The van der Waals surface area contributed by atoms with Crippen molar-refractivity contribution in [3.8, 4) is 0 Å². The molecule has 1 aromatic carbocycles. The summed E-state index contributed by atoms with van der Waals surface area (Å²) in [5.41, 5.74) is -0.988. The Morgan fingerprint density at radius 2 is 1.96 bits per heavy atom. The first-order chi connectivity index (χ1) is 10.8. The van der Waals surface area contributed by atoms with Gasteiger partial charge in [-0.1, -0.05) is 37.3 Å². The molecule has 0 bridgehead atoms. The lowest BCUT2D eigenvalue weighted by atomic mass is 9.86. The molecule has 2 N–H and O–H groups in total. The van der Waals surface area contributed by atoms with Gasteiger partial charge in [-0.3, -0.25) is 4.79 Å². The van der Waals surface area contributed by atoms with Crippen molar-refractivity contribution in [3.05, 3.63) is 35.9 Å². The van der Waals surface area contributed by atoms with Crippen LogP contribution in [-0.2, 0) is 25.0 Å². The molecule has 1 aromatic rings.